The van der Waals surface area contributed by atoms with E-state index < -0.39 is 5.60 Å². The second-order valence-electron chi connectivity index (χ2n) is 6.96. The first kappa shape index (κ1) is 15.5. The molecule has 5 heteroatoms. The van der Waals surface area contributed by atoms with Gasteiger partial charge in [-0.1, -0.05) is 32.4 Å². The summed E-state index contributed by atoms with van der Waals surface area (Å²) in [6.07, 6.45) is 2.54. The van der Waals surface area contributed by atoms with Crippen molar-refractivity contribution in [3.63, 3.8) is 0 Å². The molecule has 1 aliphatic heterocycles. The number of anilines is 1. The fraction of sp³-hybridized carbons (Fsp3) is 0.733. The van der Waals surface area contributed by atoms with Crippen LogP contribution in [0.2, 0.25) is 5.15 Å². The van der Waals surface area contributed by atoms with Crippen molar-refractivity contribution in [1.29, 1.82) is 0 Å². The molecule has 20 heavy (non-hydrogen) atoms. The number of halogens is 1. The quantitative estimate of drug-likeness (QED) is 0.809. The summed E-state index contributed by atoms with van der Waals surface area (Å²) < 4.78 is 0. The molecule has 1 saturated heterocycles. The molecule has 112 valence electrons. The van der Waals surface area contributed by atoms with Crippen LogP contribution in [0.15, 0.2) is 6.07 Å². The van der Waals surface area contributed by atoms with Crippen LogP contribution in [0.3, 0.4) is 0 Å². The topological polar surface area (TPSA) is 49.2 Å². The van der Waals surface area contributed by atoms with Crippen LogP contribution in [0.25, 0.3) is 0 Å². The standard InChI is InChI=1S/C15H24ClN3O/c1-14(2,3)13-17-11(16)10-12(18-13)19-8-5-6-15(4,20)7-9-19/h10,20H,5-9H2,1-4H3. The highest BCUT2D eigenvalue weighted by Crippen LogP contribution is 2.27. The van der Waals surface area contributed by atoms with Gasteiger partial charge in [0, 0.05) is 24.6 Å². The van der Waals surface area contributed by atoms with Gasteiger partial charge in [-0.05, 0) is 26.2 Å². The highest BCUT2D eigenvalue weighted by Gasteiger charge is 2.26. The molecule has 0 saturated carbocycles. The lowest BCUT2D eigenvalue weighted by molar-refractivity contribution is 0.0481. The summed E-state index contributed by atoms with van der Waals surface area (Å²) in [6.45, 7) is 9.84. The van der Waals surface area contributed by atoms with E-state index in [2.05, 4.69) is 35.6 Å². The summed E-state index contributed by atoms with van der Waals surface area (Å²) in [5.74, 6) is 1.63. The molecule has 0 spiro atoms. The first-order valence-corrected chi connectivity index (χ1v) is 7.58. The van der Waals surface area contributed by atoms with Crippen LogP contribution in [-0.4, -0.2) is 33.8 Å². The number of aromatic nitrogens is 2. The third-order valence-corrected chi connectivity index (χ3v) is 3.93. The molecule has 2 rings (SSSR count). The van der Waals surface area contributed by atoms with Crippen LogP contribution < -0.4 is 4.90 Å². The van der Waals surface area contributed by atoms with Crippen molar-refractivity contribution in [1.82, 2.24) is 9.97 Å². The molecule has 1 aromatic heterocycles. The zero-order valence-corrected chi connectivity index (χ0v) is 13.5. The van der Waals surface area contributed by atoms with Gasteiger partial charge in [-0.2, -0.15) is 0 Å². The Labute approximate surface area is 126 Å². The van der Waals surface area contributed by atoms with Crippen molar-refractivity contribution in [3.05, 3.63) is 17.0 Å². The molecule has 1 aromatic rings. The van der Waals surface area contributed by atoms with Gasteiger partial charge in [-0.15, -0.1) is 0 Å². The van der Waals surface area contributed by atoms with Gasteiger partial charge in [-0.25, -0.2) is 9.97 Å². The lowest BCUT2D eigenvalue weighted by Gasteiger charge is -2.25. The molecule has 0 aliphatic carbocycles. The van der Waals surface area contributed by atoms with Gasteiger partial charge in [0.25, 0.3) is 0 Å². The zero-order chi connectivity index (χ0) is 15.0. The third-order valence-electron chi connectivity index (χ3n) is 3.74. The van der Waals surface area contributed by atoms with Crippen molar-refractivity contribution < 1.29 is 5.11 Å². The van der Waals surface area contributed by atoms with Crippen molar-refractivity contribution in [2.24, 2.45) is 0 Å². The van der Waals surface area contributed by atoms with Gasteiger partial charge in [0.2, 0.25) is 0 Å². The fourth-order valence-electron chi connectivity index (χ4n) is 2.40. The Kier molecular flexibility index (Phi) is 4.26. The van der Waals surface area contributed by atoms with Crippen molar-refractivity contribution in [3.8, 4) is 0 Å². The van der Waals surface area contributed by atoms with Gasteiger partial charge in [0.05, 0.1) is 5.60 Å². The Hall–Kier alpha value is -0.870. The Morgan fingerprint density at radius 3 is 2.60 bits per heavy atom. The van der Waals surface area contributed by atoms with E-state index in [1.807, 2.05) is 13.0 Å². The third kappa shape index (κ3) is 3.83. The number of hydrogen-bond acceptors (Lipinski definition) is 4. The van der Waals surface area contributed by atoms with Crippen LogP contribution in [0.5, 0.6) is 0 Å². The highest BCUT2D eigenvalue weighted by molar-refractivity contribution is 6.29. The number of rotatable bonds is 1. The molecule has 0 bridgehead atoms. The maximum absolute atomic E-state index is 10.2. The van der Waals surface area contributed by atoms with Crippen LogP contribution in [0, 0.1) is 0 Å². The maximum atomic E-state index is 10.2. The predicted octanol–water partition coefficient (Wildman–Crippen LogP) is 3.17. The minimum absolute atomic E-state index is 0.128. The summed E-state index contributed by atoms with van der Waals surface area (Å²) >= 11 is 6.14. The van der Waals surface area contributed by atoms with Crippen molar-refractivity contribution in [2.75, 3.05) is 18.0 Å². The summed E-state index contributed by atoms with van der Waals surface area (Å²) in [4.78, 5) is 11.2. The van der Waals surface area contributed by atoms with Crippen LogP contribution >= 0.6 is 11.6 Å². The highest BCUT2D eigenvalue weighted by atomic mass is 35.5. The first-order valence-electron chi connectivity index (χ1n) is 7.20. The van der Waals surface area contributed by atoms with Gasteiger partial charge in [0.1, 0.15) is 16.8 Å². The summed E-state index contributed by atoms with van der Waals surface area (Å²) in [5, 5.41) is 10.7. The molecule has 2 heterocycles. The average Bonchev–Trinajstić information content (AvgIpc) is 2.48. The van der Waals surface area contributed by atoms with Crippen LogP contribution in [-0.2, 0) is 5.41 Å². The Bertz CT molecular complexity index is 482. The van der Waals surface area contributed by atoms with Crippen LogP contribution in [0.1, 0.15) is 52.8 Å². The fourth-order valence-corrected chi connectivity index (χ4v) is 2.57. The molecular weight excluding hydrogens is 274 g/mol. The second-order valence-corrected chi connectivity index (χ2v) is 7.35. The molecule has 0 radical (unpaired) electrons. The van der Waals surface area contributed by atoms with Crippen molar-refractivity contribution in [2.45, 2.75) is 58.0 Å². The van der Waals surface area contributed by atoms with Gasteiger partial charge >= 0.3 is 0 Å². The van der Waals surface area contributed by atoms with E-state index in [9.17, 15) is 5.11 Å². The minimum atomic E-state index is -0.571. The molecular formula is C15H24ClN3O. The molecule has 0 aromatic carbocycles. The van der Waals surface area contributed by atoms with Crippen LogP contribution in [0.4, 0.5) is 5.82 Å². The largest absolute Gasteiger partial charge is 0.390 e. The predicted molar refractivity (Wildman–Crippen MR) is 82.4 cm³/mol. The molecule has 0 amide bonds. The van der Waals surface area contributed by atoms with E-state index in [0.29, 0.717) is 5.15 Å². The number of aliphatic hydroxyl groups is 1. The smallest absolute Gasteiger partial charge is 0.137 e. The monoisotopic (exact) mass is 297 g/mol. The minimum Gasteiger partial charge on any atom is -0.390 e. The van der Waals surface area contributed by atoms with Gasteiger partial charge < -0.3 is 10.0 Å². The molecule has 1 N–H and O–H groups in total. The van der Waals surface area contributed by atoms with E-state index in [1.165, 1.54) is 0 Å². The second kappa shape index (κ2) is 5.49. The van der Waals surface area contributed by atoms with E-state index in [1.54, 1.807) is 0 Å². The van der Waals surface area contributed by atoms with Gasteiger partial charge in [-0.3, -0.25) is 0 Å². The molecule has 1 atom stereocenters. The lowest BCUT2D eigenvalue weighted by Crippen LogP contribution is -2.29. The summed E-state index contributed by atoms with van der Waals surface area (Å²) in [7, 11) is 0. The zero-order valence-electron chi connectivity index (χ0n) is 12.8. The van der Waals surface area contributed by atoms with E-state index in [0.717, 1.165) is 44.0 Å². The molecule has 1 aliphatic rings. The normalized spacial score (nSPS) is 24.6. The maximum Gasteiger partial charge on any atom is 0.137 e. The summed E-state index contributed by atoms with van der Waals surface area (Å²) in [5.41, 5.74) is -0.699. The Morgan fingerprint density at radius 1 is 1.25 bits per heavy atom. The molecule has 4 nitrogen and oxygen atoms in total. The van der Waals surface area contributed by atoms with Gasteiger partial charge in [0.15, 0.2) is 0 Å². The number of nitrogens with zero attached hydrogens (tertiary/aromatic N) is 3. The first-order chi connectivity index (χ1) is 9.17. The molecule has 1 unspecified atom stereocenters. The SMILES string of the molecule is CC1(O)CCCN(c2cc(Cl)nc(C(C)(C)C)n2)CC1. The summed E-state index contributed by atoms with van der Waals surface area (Å²) in [6, 6.07) is 1.82. The van der Waals surface area contributed by atoms with E-state index in [4.69, 9.17) is 11.6 Å². The van der Waals surface area contributed by atoms with E-state index in [-0.39, 0.29) is 5.41 Å². The average molecular weight is 298 g/mol. The van der Waals surface area contributed by atoms with E-state index >= 15 is 0 Å². The lowest BCUT2D eigenvalue weighted by atomic mass is 9.96. The Balaban J connectivity index is 2.26. The van der Waals surface area contributed by atoms with Crippen molar-refractivity contribution >= 4 is 17.4 Å². The molecule has 1 fully saturated rings. The Morgan fingerprint density at radius 2 is 1.95 bits per heavy atom. The number of hydrogen-bond donors (Lipinski definition) is 1.